The van der Waals surface area contributed by atoms with Crippen LogP contribution in [0.15, 0.2) is 42.5 Å². The molecule has 0 aliphatic carbocycles. The molecule has 0 unspecified atom stereocenters. The molecule has 3 aromatic rings. The summed E-state index contributed by atoms with van der Waals surface area (Å²) in [6.45, 7) is 1.33. The molecule has 1 fully saturated rings. The van der Waals surface area contributed by atoms with E-state index in [0.717, 1.165) is 23.9 Å². The molecule has 164 valence electrons. The summed E-state index contributed by atoms with van der Waals surface area (Å²) in [7, 11) is 0. The molecule has 0 spiro atoms. The minimum Gasteiger partial charge on any atom is -0.454 e. The van der Waals surface area contributed by atoms with Crippen LogP contribution in [0.1, 0.15) is 25.3 Å². The summed E-state index contributed by atoms with van der Waals surface area (Å²) in [6.07, 6.45) is 1.90. The second-order valence-electron chi connectivity index (χ2n) is 8.19. The Morgan fingerprint density at radius 2 is 2.03 bits per heavy atom. The van der Waals surface area contributed by atoms with Gasteiger partial charge in [-0.2, -0.15) is 0 Å². The van der Waals surface area contributed by atoms with E-state index in [9.17, 15) is 9.59 Å². The largest absolute Gasteiger partial charge is 0.454 e. The molecule has 1 N–H and O–H groups in total. The topological polar surface area (TPSA) is 94.9 Å². The minimum atomic E-state index is -0.659. The Balaban J connectivity index is 1.27. The number of fused-ring (bicyclic) bond motifs is 4. The van der Waals surface area contributed by atoms with Gasteiger partial charge in [0.15, 0.2) is 11.5 Å². The van der Waals surface area contributed by atoms with Crippen LogP contribution in [0.3, 0.4) is 0 Å². The average molecular weight is 434 g/mol. The number of hydrogen-bond donors (Lipinski definition) is 1. The van der Waals surface area contributed by atoms with Gasteiger partial charge in [0.05, 0.1) is 30.1 Å². The number of carbonyl (C=O) groups excluding carboxylic acids is 2. The fourth-order valence-corrected chi connectivity index (χ4v) is 4.62. The van der Waals surface area contributed by atoms with Crippen molar-refractivity contribution >= 4 is 34.5 Å². The maximum Gasteiger partial charge on any atom is 0.253 e. The summed E-state index contributed by atoms with van der Waals surface area (Å²) in [4.78, 5) is 32.7. The molecule has 2 aromatic carbocycles. The summed E-state index contributed by atoms with van der Waals surface area (Å²) >= 11 is 0. The molecule has 6 rings (SSSR count). The van der Waals surface area contributed by atoms with Gasteiger partial charge in [0.2, 0.25) is 18.6 Å². The van der Waals surface area contributed by atoms with Crippen molar-refractivity contribution < 1.29 is 23.8 Å². The SMILES string of the molecule is O=C(C[C@@H]1C(=O)N(C[C@H]2CCCO2)c2nc3ccccc3n21)Nc1ccc2c(c1)OCO2. The molecular formula is C23H22N4O5. The van der Waals surface area contributed by atoms with Crippen molar-refractivity contribution in [2.45, 2.75) is 31.4 Å². The van der Waals surface area contributed by atoms with Gasteiger partial charge in [-0.1, -0.05) is 12.1 Å². The smallest absolute Gasteiger partial charge is 0.253 e. The maximum atomic E-state index is 13.4. The van der Waals surface area contributed by atoms with E-state index in [4.69, 9.17) is 19.2 Å². The zero-order valence-electron chi connectivity index (χ0n) is 17.3. The zero-order valence-corrected chi connectivity index (χ0v) is 17.3. The number of rotatable bonds is 5. The van der Waals surface area contributed by atoms with Crippen molar-refractivity contribution in [3.63, 3.8) is 0 Å². The summed E-state index contributed by atoms with van der Waals surface area (Å²) in [5.74, 6) is 1.42. The first-order valence-corrected chi connectivity index (χ1v) is 10.8. The van der Waals surface area contributed by atoms with Crippen LogP contribution in [0.4, 0.5) is 11.6 Å². The number of anilines is 2. The Kier molecular flexibility index (Phi) is 4.50. The molecule has 9 nitrogen and oxygen atoms in total. The van der Waals surface area contributed by atoms with Gasteiger partial charge < -0.3 is 19.5 Å². The number of para-hydroxylation sites is 2. The van der Waals surface area contributed by atoms with Crippen LogP contribution in [0.2, 0.25) is 0 Å². The molecule has 2 amide bonds. The third-order valence-corrected chi connectivity index (χ3v) is 6.13. The summed E-state index contributed by atoms with van der Waals surface area (Å²) in [6, 6.07) is 12.2. The molecule has 1 aromatic heterocycles. The van der Waals surface area contributed by atoms with Crippen LogP contribution in [-0.4, -0.2) is 47.4 Å². The summed E-state index contributed by atoms with van der Waals surface area (Å²) < 4.78 is 18.3. The molecule has 4 heterocycles. The molecule has 0 saturated carbocycles. The molecule has 3 aliphatic rings. The summed E-state index contributed by atoms with van der Waals surface area (Å²) in [5.41, 5.74) is 2.23. The molecule has 9 heteroatoms. The van der Waals surface area contributed by atoms with Crippen molar-refractivity contribution in [1.82, 2.24) is 9.55 Å². The molecule has 32 heavy (non-hydrogen) atoms. The van der Waals surface area contributed by atoms with Crippen molar-refractivity contribution in [2.75, 3.05) is 30.2 Å². The number of imidazole rings is 1. The van der Waals surface area contributed by atoms with Gasteiger partial charge in [0.1, 0.15) is 6.04 Å². The monoisotopic (exact) mass is 434 g/mol. The lowest BCUT2D eigenvalue weighted by atomic mass is 10.1. The fraction of sp³-hybridized carbons (Fsp3) is 0.348. The van der Waals surface area contributed by atoms with E-state index in [0.29, 0.717) is 36.3 Å². The Bertz CT molecular complexity index is 1220. The second kappa shape index (κ2) is 7.52. The number of aromatic nitrogens is 2. The van der Waals surface area contributed by atoms with Crippen LogP contribution in [-0.2, 0) is 14.3 Å². The average Bonchev–Trinajstić information content (AvgIpc) is 3.57. The minimum absolute atomic E-state index is 0.00263. The van der Waals surface area contributed by atoms with E-state index >= 15 is 0 Å². The quantitative estimate of drug-likeness (QED) is 0.664. The van der Waals surface area contributed by atoms with E-state index in [1.165, 1.54) is 0 Å². The van der Waals surface area contributed by atoms with E-state index in [-0.39, 0.29) is 31.1 Å². The standard InChI is InChI=1S/C23H22N4O5/c28-21(24-14-7-8-19-20(10-14)32-13-31-19)11-18-22(29)26(12-15-4-3-9-30-15)23-25-16-5-1-2-6-17(16)27(18)23/h1-2,5-8,10,15,18H,3-4,9,11-13H2,(H,24,28)/t15-,18-/m1/s1. The number of carbonyl (C=O) groups is 2. The molecule has 2 atom stereocenters. The van der Waals surface area contributed by atoms with E-state index in [1.54, 1.807) is 23.1 Å². The van der Waals surface area contributed by atoms with Crippen molar-refractivity contribution in [1.29, 1.82) is 0 Å². The van der Waals surface area contributed by atoms with Crippen LogP contribution in [0.25, 0.3) is 11.0 Å². The lowest BCUT2D eigenvalue weighted by Gasteiger charge is -2.19. The Hall–Kier alpha value is -3.59. The number of amides is 2. The highest BCUT2D eigenvalue weighted by molar-refractivity contribution is 6.05. The Labute approximate surface area is 183 Å². The lowest BCUT2D eigenvalue weighted by molar-refractivity contribution is -0.124. The van der Waals surface area contributed by atoms with Crippen molar-refractivity contribution in [3.05, 3.63) is 42.5 Å². The predicted molar refractivity (Wildman–Crippen MR) is 116 cm³/mol. The van der Waals surface area contributed by atoms with Gasteiger partial charge in [-0.15, -0.1) is 0 Å². The lowest BCUT2D eigenvalue weighted by Crippen LogP contribution is -2.37. The van der Waals surface area contributed by atoms with Gasteiger partial charge in [-0.3, -0.25) is 19.1 Å². The van der Waals surface area contributed by atoms with Gasteiger partial charge in [0.25, 0.3) is 5.91 Å². The van der Waals surface area contributed by atoms with Crippen LogP contribution in [0.5, 0.6) is 11.5 Å². The number of nitrogens with one attached hydrogen (secondary N) is 1. The normalized spacial score (nSPS) is 21.4. The maximum absolute atomic E-state index is 13.4. The Morgan fingerprint density at radius 1 is 1.16 bits per heavy atom. The summed E-state index contributed by atoms with van der Waals surface area (Å²) in [5, 5.41) is 2.87. The first-order valence-electron chi connectivity index (χ1n) is 10.8. The first kappa shape index (κ1) is 19.1. The van der Waals surface area contributed by atoms with Crippen molar-refractivity contribution in [3.8, 4) is 11.5 Å². The van der Waals surface area contributed by atoms with Gasteiger partial charge in [-0.05, 0) is 37.1 Å². The van der Waals surface area contributed by atoms with Crippen LogP contribution < -0.4 is 19.7 Å². The number of ether oxygens (including phenoxy) is 3. The first-order chi connectivity index (χ1) is 15.7. The van der Waals surface area contributed by atoms with Crippen molar-refractivity contribution in [2.24, 2.45) is 0 Å². The number of hydrogen-bond acceptors (Lipinski definition) is 6. The predicted octanol–water partition coefficient (Wildman–Crippen LogP) is 2.86. The molecule has 0 radical (unpaired) electrons. The highest BCUT2D eigenvalue weighted by Crippen LogP contribution is 2.38. The van der Waals surface area contributed by atoms with Gasteiger partial charge >= 0.3 is 0 Å². The van der Waals surface area contributed by atoms with E-state index in [2.05, 4.69) is 5.32 Å². The third kappa shape index (κ3) is 3.16. The highest BCUT2D eigenvalue weighted by atomic mass is 16.7. The Morgan fingerprint density at radius 3 is 2.91 bits per heavy atom. The van der Waals surface area contributed by atoms with E-state index < -0.39 is 6.04 Å². The van der Waals surface area contributed by atoms with Crippen LogP contribution >= 0.6 is 0 Å². The number of benzene rings is 2. The molecule has 0 bridgehead atoms. The molecular weight excluding hydrogens is 412 g/mol. The third-order valence-electron chi connectivity index (χ3n) is 6.13. The van der Waals surface area contributed by atoms with E-state index in [1.807, 2.05) is 28.8 Å². The van der Waals surface area contributed by atoms with Gasteiger partial charge in [-0.25, -0.2) is 4.98 Å². The fourth-order valence-electron chi connectivity index (χ4n) is 4.62. The van der Waals surface area contributed by atoms with Gasteiger partial charge in [0, 0.05) is 18.4 Å². The highest BCUT2D eigenvalue weighted by Gasteiger charge is 2.42. The molecule has 1 saturated heterocycles. The van der Waals surface area contributed by atoms with Crippen LogP contribution in [0, 0.1) is 0 Å². The molecule has 3 aliphatic heterocycles. The second-order valence-corrected chi connectivity index (χ2v) is 8.19. The zero-order chi connectivity index (χ0) is 21.7. The number of nitrogens with zero attached hydrogens (tertiary/aromatic N) is 3.